The van der Waals surface area contributed by atoms with E-state index in [0.29, 0.717) is 12.1 Å². The molecule has 0 saturated heterocycles. The summed E-state index contributed by atoms with van der Waals surface area (Å²) in [6, 6.07) is 18.9. The molecule has 0 aliphatic rings. The van der Waals surface area contributed by atoms with Crippen molar-refractivity contribution < 1.29 is 18.0 Å². The zero-order valence-electron chi connectivity index (χ0n) is 25.3. The maximum absolute atomic E-state index is 14.2. The van der Waals surface area contributed by atoms with Gasteiger partial charge in [-0.2, -0.15) is 0 Å². The van der Waals surface area contributed by atoms with Crippen LogP contribution in [0.5, 0.6) is 0 Å². The highest BCUT2D eigenvalue weighted by Gasteiger charge is 2.34. The number of carbonyl (C=O) groups is 2. The SMILES string of the molecule is CC[C@H](C)NC(=O)[C@H](CC)N(Cc1cccc(C)c1)C(=O)CN(c1ccc(C)c(C)c1)S(=O)(=O)c1ccc(C)cc1. The Morgan fingerprint density at radius 1 is 0.829 bits per heavy atom. The Morgan fingerprint density at radius 2 is 1.51 bits per heavy atom. The van der Waals surface area contributed by atoms with Crippen molar-refractivity contribution in [1.82, 2.24) is 10.2 Å². The molecule has 0 heterocycles. The molecule has 0 bridgehead atoms. The van der Waals surface area contributed by atoms with E-state index in [-0.39, 0.29) is 23.4 Å². The number of hydrogen-bond donors (Lipinski definition) is 1. The first kappa shape index (κ1) is 31.9. The monoisotopic (exact) mass is 577 g/mol. The van der Waals surface area contributed by atoms with E-state index in [1.54, 1.807) is 36.4 Å². The van der Waals surface area contributed by atoms with Crippen molar-refractivity contribution in [2.45, 2.75) is 84.8 Å². The molecule has 3 aromatic rings. The number of carbonyl (C=O) groups excluding carboxylic acids is 2. The molecule has 1 N–H and O–H groups in total. The normalized spacial score (nSPS) is 12.9. The Labute approximate surface area is 245 Å². The van der Waals surface area contributed by atoms with Gasteiger partial charge in [0.15, 0.2) is 0 Å². The van der Waals surface area contributed by atoms with Crippen molar-refractivity contribution in [1.29, 1.82) is 0 Å². The molecule has 8 heteroatoms. The molecule has 7 nitrogen and oxygen atoms in total. The number of nitrogens with one attached hydrogen (secondary N) is 1. The number of amides is 2. The number of benzene rings is 3. The number of sulfonamides is 1. The largest absolute Gasteiger partial charge is 0.352 e. The molecule has 0 fully saturated rings. The number of anilines is 1. The van der Waals surface area contributed by atoms with E-state index >= 15 is 0 Å². The van der Waals surface area contributed by atoms with Gasteiger partial charge >= 0.3 is 0 Å². The van der Waals surface area contributed by atoms with Gasteiger partial charge in [-0.25, -0.2) is 8.42 Å². The third kappa shape index (κ3) is 7.97. The molecule has 3 aromatic carbocycles. The molecule has 3 rings (SSSR count). The standard InChI is InChI=1S/C33H43N3O4S/c1-8-27(7)34-33(38)31(9-2)35(21-28-12-10-11-24(4)19-28)32(37)22-36(29-16-15-25(5)26(6)20-29)41(39,40)30-17-13-23(3)14-18-30/h10-20,27,31H,8-9,21-22H2,1-7H3,(H,34,38)/t27-,31-/m0/s1. The summed E-state index contributed by atoms with van der Waals surface area (Å²) in [5.41, 5.74) is 5.16. The molecule has 0 spiro atoms. The Balaban J connectivity index is 2.09. The average Bonchev–Trinajstić information content (AvgIpc) is 2.93. The second-order valence-electron chi connectivity index (χ2n) is 10.8. The van der Waals surface area contributed by atoms with E-state index < -0.39 is 28.5 Å². The predicted octanol–water partition coefficient (Wildman–Crippen LogP) is 5.84. The fourth-order valence-electron chi connectivity index (χ4n) is 4.61. The molecule has 0 aliphatic heterocycles. The fourth-order valence-corrected chi connectivity index (χ4v) is 6.02. The Bertz CT molecular complexity index is 1470. The highest BCUT2D eigenvalue weighted by molar-refractivity contribution is 7.92. The van der Waals surface area contributed by atoms with Gasteiger partial charge in [-0.1, -0.05) is 67.4 Å². The topological polar surface area (TPSA) is 86.8 Å². The lowest BCUT2D eigenvalue weighted by Crippen LogP contribution is -2.53. The number of nitrogens with zero attached hydrogens (tertiary/aromatic N) is 2. The molecular formula is C33H43N3O4S. The Kier molecular flexibility index (Phi) is 10.7. The van der Waals surface area contributed by atoms with Crippen LogP contribution in [0.2, 0.25) is 0 Å². The van der Waals surface area contributed by atoms with Crippen LogP contribution in [-0.2, 0) is 26.2 Å². The van der Waals surface area contributed by atoms with Crippen LogP contribution in [-0.4, -0.2) is 43.8 Å². The molecule has 0 radical (unpaired) electrons. The minimum absolute atomic E-state index is 0.0542. The molecule has 220 valence electrons. The minimum atomic E-state index is -4.10. The highest BCUT2D eigenvalue weighted by Crippen LogP contribution is 2.27. The summed E-state index contributed by atoms with van der Waals surface area (Å²) >= 11 is 0. The van der Waals surface area contributed by atoms with Crippen molar-refractivity contribution in [3.63, 3.8) is 0 Å². The van der Waals surface area contributed by atoms with Crippen LogP contribution in [0.4, 0.5) is 5.69 Å². The van der Waals surface area contributed by atoms with Crippen LogP contribution >= 0.6 is 0 Å². The zero-order chi connectivity index (χ0) is 30.3. The summed E-state index contributed by atoms with van der Waals surface area (Å²) in [6.45, 7) is 13.2. The summed E-state index contributed by atoms with van der Waals surface area (Å²) in [7, 11) is -4.10. The summed E-state index contributed by atoms with van der Waals surface area (Å²) in [6.07, 6.45) is 1.14. The van der Waals surface area contributed by atoms with E-state index in [0.717, 1.165) is 38.5 Å². The number of aryl methyl sites for hydroxylation is 4. The smallest absolute Gasteiger partial charge is 0.264 e. The molecule has 0 aliphatic carbocycles. The molecular weight excluding hydrogens is 534 g/mol. The molecule has 0 aromatic heterocycles. The van der Waals surface area contributed by atoms with Crippen LogP contribution in [0.1, 0.15) is 61.4 Å². The minimum Gasteiger partial charge on any atom is -0.352 e. The van der Waals surface area contributed by atoms with Crippen molar-refractivity contribution in [3.05, 3.63) is 94.5 Å². The summed E-state index contributed by atoms with van der Waals surface area (Å²) in [4.78, 5) is 29.2. The fraction of sp³-hybridized carbons (Fsp3) is 0.394. The first-order valence-corrected chi connectivity index (χ1v) is 15.6. The summed E-state index contributed by atoms with van der Waals surface area (Å²) in [5, 5.41) is 3.01. The van der Waals surface area contributed by atoms with Gasteiger partial charge < -0.3 is 10.2 Å². The van der Waals surface area contributed by atoms with Crippen LogP contribution in [0, 0.1) is 27.7 Å². The van der Waals surface area contributed by atoms with Gasteiger partial charge in [-0.3, -0.25) is 13.9 Å². The van der Waals surface area contributed by atoms with E-state index in [1.807, 2.05) is 78.8 Å². The van der Waals surface area contributed by atoms with E-state index in [1.165, 1.54) is 4.90 Å². The van der Waals surface area contributed by atoms with Crippen molar-refractivity contribution in [3.8, 4) is 0 Å². The second kappa shape index (κ2) is 13.8. The summed E-state index contributed by atoms with van der Waals surface area (Å²) < 4.78 is 29.2. The zero-order valence-corrected chi connectivity index (χ0v) is 26.1. The van der Waals surface area contributed by atoms with Crippen LogP contribution in [0.25, 0.3) is 0 Å². The lowest BCUT2D eigenvalue weighted by atomic mass is 10.1. The van der Waals surface area contributed by atoms with Gasteiger partial charge in [0.25, 0.3) is 10.0 Å². The quantitative estimate of drug-likeness (QED) is 0.293. The Morgan fingerprint density at radius 3 is 2.10 bits per heavy atom. The van der Waals surface area contributed by atoms with Crippen molar-refractivity contribution >= 4 is 27.5 Å². The molecule has 41 heavy (non-hydrogen) atoms. The van der Waals surface area contributed by atoms with Gasteiger partial charge in [0.05, 0.1) is 10.6 Å². The lowest BCUT2D eigenvalue weighted by molar-refractivity contribution is -0.140. The second-order valence-corrected chi connectivity index (χ2v) is 12.7. The maximum atomic E-state index is 14.2. The number of rotatable bonds is 12. The molecule has 2 amide bonds. The van der Waals surface area contributed by atoms with Crippen LogP contribution < -0.4 is 9.62 Å². The molecule has 0 unspecified atom stereocenters. The third-order valence-electron chi connectivity index (χ3n) is 7.49. The van der Waals surface area contributed by atoms with Gasteiger partial charge in [0, 0.05) is 12.6 Å². The highest BCUT2D eigenvalue weighted by atomic mass is 32.2. The van der Waals surface area contributed by atoms with Crippen LogP contribution in [0.15, 0.2) is 71.6 Å². The van der Waals surface area contributed by atoms with Crippen molar-refractivity contribution in [2.24, 2.45) is 0 Å². The first-order valence-electron chi connectivity index (χ1n) is 14.2. The Hall–Kier alpha value is -3.65. The van der Waals surface area contributed by atoms with E-state index in [9.17, 15) is 18.0 Å². The average molecular weight is 578 g/mol. The van der Waals surface area contributed by atoms with Gasteiger partial charge in [0.2, 0.25) is 11.8 Å². The van der Waals surface area contributed by atoms with E-state index in [2.05, 4.69) is 5.32 Å². The molecule has 2 atom stereocenters. The van der Waals surface area contributed by atoms with E-state index in [4.69, 9.17) is 0 Å². The predicted molar refractivity (Wildman–Crippen MR) is 165 cm³/mol. The van der Waals surface area contributed by atoms with Crippen molar-refractivity contribution in [2.75, 3.05) is 10.8 Å². The van der Waals surface area contributed by atoms with Gasteiger partial charge in [0.1, 0.15) is 12.6 Å². The molecule has 0 saturated carbocycles. The summed E-state index contributed by atoms with van der Waals surface area (Å²) in [5.74, 6) is -0.700. The third-order valence-corrected chi connectivity index (χ3v) is 9.28. The van der Waals surface area contributed by atoms with Gasteiger partial charge in [-0.05, 0) is 88.4 Å². The van der Waals surface area contributed by atoms with Gasteiger partial charge in [-0.15, -0.1) is 0 Å². The lowest BCUT2D eigenvalue weighted by Gasteiger charge is -2.34. The van der Waals surface area contributed by atoms with Crippen LogP contribution in [0.3, 0.4) is 0 Å². The first-order chi connectivity index (χ1) is 19.4. The maximum Gasteiger partial charge on any atom is 0.264 e. The number of hydrogen-bond acceptors (Lipinski definition) is 4.